The molecule has 0 spiro atoms. The Morgan fingerprint density at radius 3 is 2.20 bits per heavy atom. The average molecular weight is 519 g/mol. The maximum atomic E-state index is 13.1. The summed E-state index contributed by atoms with van der Waals surface area (Å²) in [7, 11) is -4.65. The molecular weight excluding hydrogens is 488 g/mol. The minimum absolute atomic E-state index is 0.159. The number of amides is 2. The van der Waals surface area contributed by atoms with E-state index in [1.165, 1.54) is 19.1 Å². The Kier molecular flexibility index (Phi) is 12.0. The van der Waals surface area contributed by atoms with Gasteiger partial charge in [-0.1, -0.05) is 20.3 Å². The van der Waals surface area contributed by atoms with Gasteiger partial charge in [0.2, 0.25) is 5.91 Å². The molecule has 12 nitrogen and oxygen atoms in total. The molecule has 0 aliphatic carbocycles. The molecule has 0 saturated heterocycles. The fourth-order valence-electron chi connectivity index (χ4n) is 2.86. The molecule has 0 fully saturated rings. The molecular formula is C21H31FN3O9P. The van der Waals surface area contributed by atoms with E-state index in [0.717, 1.165) is 12.1 Å². The van der Waals surface area contributed by atoms with Crippen LogP contribution in [0.5, 0.6) is 0 Å². The molecule has 196 valence electrons. The third-order valence-electron chi connectivity index (χ3n) is 5.04. The van der Waals surface area contributed by atoms with Gasteiger partial charge in [0.1, 0.15) is 17.9 Å². The van der Waals surface area contributed by atoms with Gasteiger partial charge in [-0.2, -0.15) is 0 Å². The van der Waals surface area contributed by atoms with Crippen LogP contribution in [0.4, 0.5) is 4.39 Å². The second kappa shape index (κ2) is 13.9. The van der Waals surface area contributed by atoms with Crippen LogP contribution in [-0.4, -0.2) is 63.6 Å². The van der Waals surface area contributed by atoms with E-state index < -0.39 is 74.9 Å². The van der Waals surface area contributed by atoms with Crippen molar-refractivity contribution < 1.29 is 47.8 Å². The lowest BCUT2D eigenvalue weighted by atomic mass is 9.97. The highest BCUT2D eigenvalue weighted by atomic mass is 31.2. The van der Waals surface area contributed by atoms with Crippen molar-refractivity contribution >= 4 is 31.5 Å². The van der Waals surface area contributed by atoms with Crippen molar-refractivity contribution in [2.24, 2.45) is 5.92 Å². The minimum atomic E-state index is -4.65. The number of aliphatic carboxylic acids is 2. The first-order chi connectivity index (χ1) is 16.3. The molecule has 6 N–H and O–H groups in total. The van der Waals surface area contributed by atoms with Gasteiger partial charge in [-0.25, -0.2) is 14.0 Å². The molecule has 1 aromatic carbocycles. The number of halogens is 1. The van der Waals surface area contributed by atoms with Crippen LogP contribution < -0.4 is 15.7 Å². The molecule has 4 unspecified atom stereocenters. The number of hydrogen-bond acceptors (Lipinski definition) is 6. The zero-order valence-corrected chi connectivity index (χ0v) is 20.5. The van der Waals surface area contributed by atoms with Crippen LogP contribution in [-0.2, 0) is 23.5 Å². The van der Waals surface area contributed by atoms with E-state index in [4.69, 9.17) is 14.7 Å². The first-order valence-electron chi connectivity index (χ1n) is 10.8. The maximum Gasteiger partial charge on any atom is 0.403 e. The second-order valence-corrected chi connectivity index (χ2v) is 9.58. The van der Waals surface area contributed by atoms with Crippen molar-refractivity contribution in [1.29, 1.82) is 0 Å². The molecule has 0 aliphatic heterocycles. The molecule has 0 aliphatic rings. The van der Waals surface area contributed by atoms with Crippen molar-refractivity contribution in [3.8, 4) is 0 Å². The Labute approximate surface area is 201 Å². The Morgan fingerprint density at radius 2 is 1.69 bits per heavy atom. The van der Waals surface area contributed by atoms with Gasteiger partial charge in [0, 0.05) is 12.0 Å². The minimum Gasteiger partial charge on any atom is -0.481 e. The smallest absolute Gasteiger partial charge is 0.403 e. The van der Waals surface area contributed by atoms with E-state index in [-0.39, 0.29) is 11.5 Å². The number of carboxylic acid groups (broad SMARTS) is 2. The summed E-state index contributed by atoms with van der Waals surface area (Å²) in [5.41, 5.74) is 0.159. The average Bonchev–Trinajstić information content (AvgIpc) is 2.78. The summed E-state index contributed by atoms with van der Waals surface area (Å²) in [6.07, 6.45) is -0.457. The standard InChI is InChI=1S/C21H31FN3O9P/c1-4-12(2)18(24-19(28)14-5-7-15(22)8-6-14)20(29)23-13(3)11-34-35(32,33)25-16(21(30)31)9-10-17(26)27/h5-8,12-13,16,18H,4,9-11H2,1-3H3,(H,23,29)(H,24,28)(H,26,27)(H,30,31)(H2,25,32,33)/t12?,13-,16?,18?/m1/s1. The van der Waals surface area contributed by atoms with Crippen molar-refractivity contribution in [3.05, 3.63) is 35.6 Å². The van der Waals surface area contributed by atoms with E-state index in [1.807, 2.05) is 12.0 Å². The summed E-state index contributed by atoms with van der Waals surface area (Å²) in [6.45, 7) is 4.53. The van der Waals surface area contributed by atoms with Gasteiger partial charge in [-0.05, 0) is 43.5 Å². The number of nitrogens with one attached hydrogen (secondary N) is 3. The van der Waals surface area contributed by atoms with Crippen molar-refractivity contribution in [2.45, 2.75) is 58.2 Å². The Balaban J connectivity index is 2.73. The predicted molar refractivity (Wildman–Crippen MR) is 122 cm³/mol. The molecule has 5 atom stereocenters. The lowest BCUT2D eigenvalue weighted by molar-refractivity contribution is -0.140. The molecule has 1 rings (SSSR count). The molecule has 0 saturated carbocycles. The molecule has 0 bridgehead atoms. The molecule has 14 heteroatoms. The molecule has 0 radical (unpaired) electrons. The predicted octanol–water partition coefficient (Wildman–Crippen LogP) is 1.50. The fourth-order valence-corrected chi connectivity index (χ4v) is 3.99. The van der Waals surface area contributed by atoms with Gasteiger partial charge in [-0.15, -0.1) is 0 Å². The molecule has 2 amide bonds. The summed E-state index contributed by atoms with van der Waals surface area (Å²) in [6, 6.07) is 1.37. The number of carbonyl (C=O) groups excluding carboxylic acids is 2. The highest BCUT2D eigenvalue weighted by Crippen LogP contribution is 2.38. The zero-order chi connectivity index (χ0) is 26.8. The van der Waals surface area contributed by atoms with E-state index in [1.54, 1.807) is 6.92 Å². The largest absolute Gasteiger partial charge is 0.481 e. The number of rotatable bonds is 15. The fraction of sp³-hybridized carbons (Fsp3) is 0.524. The van der Waals surface area contributed by atoms with Gasteiger partial charge in [0.05, 0.1) is 12.6 Å². The van der Waals surface area contributed by atoms with Crippen molar-refractivity contribution in [2.75, 3.05) is 6.61 Å². The highest BCUT2D eigenvalue weighted by molar-refractivity contribution is 7.50. The lowest BCUT2D eigenvalue weighted by Crippen LogP contribution is -2.52. The van der Waals surface area contributed by atoms with E-state index >= 15 is 0 Å². The van der Waals surface area contributed by atoms with Crippen LogP contribution in [0.2, 0.25) is 0 Å². The normalized spacial score (nSPS) is 16.3. The van der Waals surface area contributed by atoms with Gasteiger partial charge in [0.15, 0.2) is 0 Å². The zero-order valence-electron chi connectivity index (χ0n) is 19.6. The van der Waals surface area contributed by atoms with E-state index in [2.05, 4.69) is 10.6 Å². The number of carbonyl (C=O) groups is 4. The van der Waals surface area contributed by atoms with Gasteiger partial charge in [0.25, 0.3) is 5.91 Å². The van der Waals surface area contributed by atoms with Crippen LogP contribution >= 0.6 is 7.75 Å². The summed E-state index contributed by atoms with van der Waals surface area (Å²) in [5.74, 6) is -4.78. The Morgan fingerprint density at radius 1 is 1.09 bits per heavy atom. The van der Waals surface area contributed by atoms with Crippen molar-refractivity contribution in [3.63, 3.8) is 0 Å². The lowest BCUT2D eigenvalue weighted by Gasteiger charge is -2.26. The van der Waals surface area contributed by atoms with Gasteiger partial charge >= 0.3 is 19.7 Å². The van der Waals surface area contributed by atoms with E-state index in [9.17, 15) is 33.0 Å². The van der Waals surface area contributed by atoms with Crippen LogP contribution in [0.3, 0.4) is 0 Å². The summed E-state index contributed by atoms with van der Waals surface area (Å²) in [4.78, 5) is 57.0. The topological polar surface area (TPSA) is 191 Å². The maximum absolute atomic E-state index is 13.1. The first kappa shape index (κ1) is 30.2. The summed E-state index contributed by atoms with van der Waals surface area (Å²) in [5, 5.41) is 24.8. The SMILES string of the molecule is CCC(C)C(NC(=O)c1ccc(F)cc1)C(=O)N[C@H](C)COP(=O)(O)NC(CCC(=O)O)C(=O)O. The number of benzene rings is 1. The molecule has 0 aromatic heterocycles. The quantitative estimate of drug-likeness (QED) is 0.185. The Bertz CT molecular complexity index is 944. The highest BCUT2D eigenvalue weighted by Gasteiger charge is 2.31. The van der Waals surface area contributed by atoms with Gasteiger partial charge < -0.3 is 25.7 Å². The van der Waals surface area contributed by atoms with Crippen LogP contribution in [0.25, 0.3) is 0 Å². The second-order valence-electron chi connectivity index (χ2n) is 8.02. The third kappa shape index (κ3) is 11.0. The first-order valence-corrected chi connectivity index (χ1v) is 12.4. The summed E-state index contributed by atoms with van der Waals surface area (Å²) < 4.78 is 30.2. The van der Waals surface area contributed by atoms with Crippen LogP contribution in [0.15, 0.2) is 24.3 Å². The molecule has 0 heterocycles. The van der Waals surface area contributed by atoms with Crippen LogP contribution in [0.1, 0.15) is 50.4 Å². The van der Waals surface area contributed by atoms with Gasteiger partial charge in [-0.3, -0.25) is 23.7 Å². The molecule has 1 aromatic rings. The van der Waals surface area contributed by atoms with E-state index in [0.29, 0.717) is 6.42 Å². The monoisotopic (exact) mass is 519 g/mol. The molecule has 35 heavy (non-hydrogen) atoms. The summed E-state index contributed by atoms with van der Waals surface area (Å²) >= 11 is 0. The Hall–Kier alpha value is -2.86. The number of carboxylic acids is 2. The third-order valence-corrected chi connectivity index (χ3v) is 6.18. The number of hydrogen-bond donors (Lipinski definition) is 6. The van der Waals surface area contributed by atoms with Crippen molar-refractivity contribution in [1.82, 2.24) is 15.7 Å². The van der Waals surface area contributed by atoms with Crippen LogP contribution in [0, 0.1) is 11.7 Å².